The van der Waals surface area contributed by atoms with Crippen LogP contribution in [-0.4, -0.2) is 24.2 Å². The van der Waals surface area contributed by atoms with Gasteiger partial charge in [-0.3, -0.25) is 9.59 Å². The molecular formula is C26H19Cl2NO3S2. The summed E-state index contributed by atoms with van der Waals surface area (Å²) in [4.78, 5) is 27.4. The lowest BCUT2D eigenvalue weighted by Crippen LogP contribution is -2.21. The molecule has 172 valence electrons. The van der Waals surface area contributed by atoms with Crippen LogP contribution >= 0.6 is 46.7 Å². The number of hydrogen-bond donors (Lipinski definition) is 1. The van der Waals surface area contributed by atoms with Gasteiger partial charge in [-0.15, -0.1) is 11.8 Å². The molecule has 0 saturated carbocycles. The minimum atomic E-state index is -0.479. The van der Waals surface area contributed by atoms with Crippen molar-refractivity contribution < 1.29 is 14.3 Å². The Kier molecular flexibility index (Phi) is 8.40. The lowest BCUT2D eigenvalue weighted by molar-refractivity contribution is -0.144. The van der Waals surface area contributed by atoms with Crippen molar-refractivity contribution >= 4 is 75.1 Å². The van der Waals surface area contributed by atoms with Crippen molar-refractivity contribution in [2.24, 2.45) is 0 Å². The quantitative estimate of drug-likeness (QED) is 0.189. The minimum Gasteiger partial charge on any atom is -0.455 e. The third-order valence-corrected chi connectivity index (χ3v) is 7.41. The summed E-state index contributed by atoms with van der Waals surface area (Å²) in [6, 6.07) is 26.4. The van der Waals surface area contributed by atoms with Crippen molar-refractivity contribution in [3.8, 4) is 0 Å². The minimum absolute atomic E-state index is 0.0701. The fourth-order valence-corrected chi connectivity index (χ4v) is 5.45. The fraction of sp³-hybridized carbons (Fsp3) is 0.0769. The first kappa shape index (κ1) is 24.5. The highest BCUT2D eigenvalue weighted by Crippen LogP contribution is 2.34. The maximum atomic E-state index is 12.4. The van der Waals surface area contributed by atoms with E-state index in [4.69, 9.17) is 27.9 Å². The number of esters is 1. The Bertz CT molecular complexity index is 1320. The van der Waals surface area contributed by atoms with Crippen LogP contribution in [0.3, 0.4) is 0 Å². The van der Waals surface area contributed by atoms with Crippen LogP contribution in [0, 0.1) is 0 Å². The van der Waals surface area contributed by atoms with Gasteiger partial charge in [0.1, 0.15) is 0 Å². The van der Waals surface area contributed by atoms with E-state index in [1.54, 1.807) is 6.07 Å². The normalized spacial score (nSPS) is 10.8. The number of thioether (sulfide) groups is 1. The van der Waals surface area contributed by atoms with E-state index in [-0.39, 0.29) is 12.4 Å². The molecule has 0 aromatic heterocycles. The Morgan fingerprint density at radius 3 is 2.32 bits per heavy atom. The third-order valence-electron chi connectivity index (χ3n) is 4.73. The highest BCUT2D eigenvalue weighted by atomic mass is 35.5. The number of rotatable bonds is 8. The molecule has 0 unspecified atom stereocenters. The first-order chi connectivity index (χ1) is 16.5. The number of benzene rings is 4. The van der Waals surface area contributed by atoms with E-state index in [2.05, 4.69) is 5.32 Å². The number of fused-ring (bicyclic) bond motifs is 1. The molecule has 0 radical (unpaired) electrons. The molecule has 0 spiro atoms. The second kappa shape index (κ2) is 11.7. The molecule has 0 fully saturated rings. The number of ether oxygens (including phenoxy) is 1. The maximum absolute atomic E-state index is 12.4. The SMILES string of the molecule is O=C(COC(=O)CSc1cccc2cccc(Cl)c12)Nc1ccccc1Sc1ccc(Cl)cc1. The monoisotopic (exact) mass is 527 g/mol. The van der Waals surface area contributed by atoms with Gasteiger partial charge in [-0.2, -0.15) is 0 Å². The van der Waals surface area contributed by atoms with Crippen LogP contribution in [0.2, 0.25) is 10.0 Å². The summed E-state index contributed by atoms with van der Waals surface area (Å²) in [5.74, 6) is -0.815. The van der Waals surface area contributed by atoms with Gasteiger partial charge in [0.15, 0.2) is 6.61 Å². The summed E-state index contributed by atoms with van der Waals surface area (Å²) in [7, 11) is 0. The smallest absolute Gasteiger partial charge is 0.316 e. The van der Waals surface area contributed by atoms with Crippen molar-refractivity contribution in [3.05, 3.63) is 95.0 Å². The van der Waals surface area contributed by atoms with Crippen molar-refractivity contribution in [3.63, 3.8) is 0 Å². The zero-order chi connectivity index (χ0) is 23.9. The molecule has 4 aromatic rings. The van der Waals surface area contributed by atoms with E-state index in [0.29, 0.717) is 15.7 Å². The first-order valence-electron chi connectivity index (χ1n) is 10.3. The average Bonchev–Trinajstić information content (AvgIpc) is 2.84. The van der Waals surface area contributed by atoms with E-state index in [1.807, 2.05) is 78.9 Å². The van der Waals surface area contributed by atoms with E-state index in [9.17, 15) is 9.59 Å². The van der Waals surface area contributed by atoms with Crippen molar-refractivity contribution in [1.82, 2.24) is 0 Å². The van der Waals surface area contributed by atoms with Crippen molar-refractivity contribution in [2.75, 3.05) is 17.7 Å². The number of hydrogen-bond acceptors (Lipinski definition) is 5. The molecule has 1 N–H and O–H groups in total. The van der Waals surface area contributed by atoms with Crippen molar-refractivity contribution in [2.45, 2.75) is 14.7 Å². The maximum Gasteiger partial charge on any atom is 0.316 e. The number of anilines is 1. The Morgan fingerprint density at radius 2 is 1.53 bits per heavy atom. The Labute approximate surface area is 216 Å². The molecule has 4 rings (SSSR count). The number of para-hydroxylation sites is 1. The Hall–Kier alpha value is -2.64. The highest BCUT2D eigenvalue weighted by Gasteiger charge is 2.13. The molecule has 0 aliphatic rings. The summed E-state index contributed by atoms with van der Waals surface area (Å²) in [6.45, 7) is -0.365. The number of carbonyl (C=O) groups excluding carboxylic acids is 2. The van der Waals surface area contributed by atoms with Crippen LogP contribution in [0.15, 0.2) is 99.6 Å². The summed E-state index contributed by atoms with van der Waals surface area (Å²) < 4.78 is 5.19. The van der Waals surface area contributed by atoms with E-state index in [0.717, 1.165) is 25.5 Å². The van der Waals surface area contributed by atoms with Crippen LogP contribution in [0.1, 0.15) is 0 Å². The van der Waals surface area contributed by atoms with Crippen LogP contribution in [0.5, 0.6) is 0 Å². The van der Waals surface area contributed by atoms with Gasteiger partial charge in [0.2, 0.25) is 0 Å². The predicted octanol–water partition coefficient (Wildman–Crippen LogP) is 7.57. The molecule has 8 heteroatoms. The molecular weight excluding hydrogens is 509 g/mol. The topological polar surface area (TPSA) is 55.4 Å². The number of halogens is 2. The lowest BCUT2D eigenvalue weighted by atomic mass is 10.1. The van der Waals surface area contributed by atoms with Gasteiger partial charge < -0.3 is 10.1 Å². The molecule has 0 heterocycles. The van der Waals surface area contributed by atoms with E-state index in [1.165, 1.54) is 23.5 Å². The van der Waals surface area contributed by atoms with Gasteiger partial charge in [0, 0.05) is 30.1 Å². The van der Waals surface area contributed by atoms with E-state index < -0.39 is 11.9 Å². The molecule has 0 atom stereocenters. The molecule has 0 saturated heterocycles. The fourth-order valence-electron chi connectivity index (χ4n) is 3.18. The zero-order valence-electron chi connectivity index (χ0n) is 17.8. The zero-order valence-corrected chi connectivity index (χ0v) is 20.9. The molecule has 4 aromatic carbocycles. The highest BCUT2D eigenvalue weighted by molar-refractivity contribution is 8.00. The van der Waals surface area contributed by atoms with Gasteiger partial charge in [-0.25, -0.2) is 0 Å². The summed E-state index contributed by atoms with van der Waals surface area (Å²) >= 11 is 15.1. The molecule has 1 amide bonds. The third kappa shape index (κ3) is 6.48. The summed E-state index contributed by atoms with van der Waals surface area (Å²) in [5, 5.41) is 6.01. The Morgan fingerprint density at radius 1 is 0.824 bits per heavy atom. The lowest BCUT2D eigenvalue weighted by Gasteiger charge is -2.11. The van der Waals surface area contributed by atoms with Gasteiger partial charge in [0.05, 0.1) is 11.4 Å². The van der Waals surface area contributed by atoms with Gasteiger partial charge >= 0.3 is 5.97 Å². The molecule has 4 nitrogen and oxygen atoms in total. The van der Waals surface area contributed by atoms with Gasteiger partial charge in [-0.05, 0) is 53.9 Å². The second-order valence-corrected chi connectivity index (χ2v) is 10.1. The number of nitrogens with one attached hydrogen (secondary N) is 1. The molecule has 0 bridgehead atoms. The molecule has 34 heavy (non-hydrogen) atoms. The van der Waals surface area contributed by atoms with Crippen LogP contribution in [-0.2, 0) is 14.3 Å². The van der Waals surface area contributed by atoms with Crippen LogP contribution in [0.4, 0.5) is 5.69 Å². The van der Waals surface area contributed by atoms with Gasteiger partial charge in [-0.1, -0.05) is 71.4 Å². The second-order valence-electron chi connectivity index (χ2n) is 7.14. The largest absolute Gasteiger partial charge is 0.455 e. The summed E-state index contributed by atoms with van der Waals surface area (Å²) in [5.41, 5.74) is 0.642. The Balaban J connectivity index is 1.31. The molecule has 0 aliphatic carbocycles. The van der Waals surface area contributed by atoms with Gasteiger partial charge in [0.25, 0.3) is 5.91 Å². The molecule has 0 aliphatic heterocycles. The number of amides is 1. The van der Waals surface area contributed by atoms with Crippen molar-refractivity contribution in [1.29, 1.82) is 0 Å². The first-order valence-corrected chi connectivity index (χ1v) is 12.8. The average molecular weight is 528 g/mol. The van der Waals surface area contributed by atoms with Crippen LogP contribution in [0.25, 0.3) is 10.8 Å². The summed E-state index contributed by atoms with van der Waals surface area (Å²) in [6.07, 6.45) is 0. The predicted molar refractivity (Wildman–Crippen MR) is 141 cm³/mol. The number of carbonyl (C=O) groups is 2. The van der Waals surface area contributed by atoms with Crippen LogP contribution < -0.4 is 5.32 Å². The van der Waals surface area contributed by atoms with E-state index >= 15 is 0 Å². The standard InChI is InChI=1S/C26H19Cl2NO3S2/c27-18-11-13-19(14-12-18)34-22-9-2-1-8-21(22)29-24(30)15-32-25(31)16-33-23-10-4-6-17-5-3-7-20(28)26(17)23/h1-14H,15-16H2,(H,29,30).